The van der Waals surface area contributed by atoms with Crippen molar-refractivity contribution in [2.75, 3.05) is 11.9 Å². The molecule has 3 aromatic rings. The lowest BCUT2D eigenvalue weighted by Crippen LogP contribution is -2.32. The summed E-state index contributed by atoms with van der Waals surface area (Å²) in [5.41, 5.74) is 1.55. The van der Waals surface area contributed by atoms with Crippen LogP contribution < -0.4 is 15.4 Å². The number of carbonyl (C=O) groups excluding carboxylic acids is 2. The number of terminal acetylenes is 1. The average Bonchev–Trinajstić information content (AvgIpc) is 2.73. The van der Waals surface area contributed by atoms with Crippen molar-refractivity contribution >= 4 is 17.5 Å². The zero-order valence-electron chi connectivity index (χ0n) is 14.9. The van der Waals surface area contributed by atoms with E-state index in [1.54, 1.807) is 48.5 Å². The molecule has 2 amide bonds. The van der Waals surface area contributed by atoms with Crippen molar-refractivity contribution in [2.24, 2.45) is 0 Å². The maximum Gasteiger partial charge on any atom is 0.253 e. The second-order valence-electron chi connectivity index (χ2n) is 5.76. The monoisotopic (exact) mass is 371 g/mol. The molecular formula is C22H17N3O3. The molecule has 0 radical (unpaired) electrons. The summed E-state index contributed by atoms with van der Waals surface area (Å²) in [7, 11) is 0. The zero-order chi connectivity index (χ0) is 19.8. The van der Waals surface area contributed by atoms with Crippen LogP contribution in [0.5, 0.6) is 11.6 Å². The lowest BCUT2D eigenvalue weighted by Gasteiger charge is -2.08. The summed E-state index contributed by atoms with van der Waals surface area (Å²) < 4.78 is 5.58. The molecule has 0 spiro atoms. The number of hydrogen-bond donors (Lipinski definition) is 2. The lowest BCUT2D eigenvalue weighted by atomic mass is 10.2. The second kappa shape index (κ2) is 9.01. The fourth-order valence-electron chi connectivity index (χ4n) is 2.34. The molecule has 3 rings (SSSR count). The summed E-state index contributed by atoms with van der Waals surface area (Å²) in [4.78, 5) is 28.3. The number of amides is 2. The molecule has 0 atom stereocenters. The summed E-state index contributed by atoms with van der Waals surface area (Å²) in [6.45, 7) is -0.179. The van der Waals surface area contributed by atoms with E-state index in [2.05, 4.69) is 21.5 Å². The molecule has 0 unspecified atom stereocenters. The predicted molar refractivity (Wildman–Crippen MR) is 106 cm³/mol. The van der Waals surface area contributed by atoms with Crippen molar-refractivity contribution < 1.29 is 14.3 Å². The number of hydrogen-bond acceptors (Lipinski definition) is 4. The number of para-hydroxylation sites is 1. The third-order valence-electron chi connectivity index (χ3n) is 3.69. The molecule has 0 saturated heterocycles. The summed E-state index contributed by atoms with van der Waals surface area (Å²) in [5, 5.41) is 5.22. The number of rotatable bonds is 6. The van der Waals surface area contributed by atoms with Crippen LogP contribution >= 0.6 is 0 Å². The largest absolute Gasteiger partial charge is 0.439 e. The summed E-state index contributed by atoms with van der Waals surface area (Å²) in [6.07, 6.45) is 6.72. The highest BCUT2D eigenvalue weighted by molar-refractivity contribution is 5.99. The van der Waals surface area contributed by atoms with Crippen LogP contribution in [0.15, 0.2) is 72.9 Å². The fourth-order valence-corrected chi connectivity index (χ4v) is 2.34. The molecule has 0 bridgehead atoms. The number of nitrogens with one attached hydrogen (secondary N) is 2. The van der Waals surface area contributed by atoms with E-state index in [0.29, 0.717) is 28.4 Å². The van der Waals surface area contributed by atoms with Crippen molar-refractivity contribution in [3.63, 3.8) is 0 Å². The quantitative estimate of drug-likeness (QED) is 0.652. The maximum absolute atomic E-state index is 12.2. The molecule has 2 aromatic carbocycles. The Morgan fingerprint density at radius 2 is 1.86 bits per heavy atom. The van der Waals surface area contributed by atoms with Crippen LogP contribution in [0, 0.1) is 12.3 Å². The van der Waals surface area contributed by atoms with Gasteiger partial charge < -0.3 is 15.4 Å². The van der Waals surface area contributed by atoms with Crippen LogP contribution in [0.3, 0.4) is 0 Å². The van der Waals surface area contributed by atoms with Crippen molar-refractivity contribution in [2.45, 2.75) is 0 Å². The molecule has 138 valence electrons. The molecule has 0 aliphatic rings. The van der Waals surface area contributed by atoms with E-state index in [0.717, 1.165) is 0 Å². The number of carbonyl (C=O) groups is 2. The smallest absolute Gasteiger partial charge is 0.253 e. The molecule has 1 aromatic heterocycles. The second-order valence-corrected chi connectivity index (χ2v) is 5.76. The van der Waals surface area contributed by atoms with Gasteiger partial charge in [-0.2, -0.15) is 0 Å². The number of benzene rings is 2. The molecule has 0 fully saturated rings. The Kier molecular flexibility index (Phi) is 6.01. The van der Waals surface area contributed by atoms with Gasteiger partial charge in [0.2, 0.25) is 11.8 Å². The molecule has 0 saturated carbocycles. The third kappa shape index (κ3) is 5.19. The molecule has 1 heterocycles. The maximum atomic E-state index is 12.2. The zero-order valence-corrected chi connectivity index (χ0v) is 14.9. The first kappa shape index (κ1) is 18.7. The highest BCUT2D eigenvalue weighted by atomic mass is 16.5. The van der Waals surface area contributed by atoms with Gasteiger partial charge in [-0.3, -0.25) is 9.59 Å². The number of anilines is 1. The number of aromatic nitrogens is 1. The molecule has 0 aliphatic heterocycles. The number of ether oxygens (including phenoxy) is 1. The Labute approximate surface area is 162 Å². The Morgan fingerprint density at radius 3 is 2.57 bits per heavy atom. The number of nitrogens with zero attached hydrogens (tertiary/aromatic N) is 1. The van der Waals surface area contributed by atoms with Gasteiger partial charge in [0.05, 0.1) is 12.1 Å². The average molecular weight is 371 g/mol. The van der Waals surface area contributed by atoms with E-state index >= 15 is 0 Å². The molecule has 6 nitrogen and oxygen atoms in total. The minimum absolute atomic E-state index is 0.179. The minimum Gasteiger partial charge on any atom is -0.439 e. The van der Waals surface area contributed by atoms with Crippen molar-refractivity contribution in [1.82, 2.24) is 10.3 Å². The van der Waals surface area contributed by atoms with E-state index in [4.69, 9.17) is 11.2 Å². The molecule has 0 aliphatic carbocycles. The highest BCUT2D eigenvalue weighted by Gasteiger charge is 2.09. The van der Waals surface area contributed by atoms with Gasteiger partial charge >= 0.3 is 0 Å². The van der Waals surface area contributed by atoms with Gasteiger partial charge in [0.15, 0.2) is 0 Å². The molecular weight excluding hydrogens is 354 g/mol. The fraction of sp³-hybridized carbons (Fsp3) is 0.0455. The van der Waals surface area contributed by atoms with Gasteiger partial charge in [0, 0.05) is 23.5 Å². The van der Waals surface area contributed by atoms with Crippen LogP contribution in [-0.2, 0) is 4.79 Å². The van der Waals surface area contributed by atoms with Gasteiger partial charge in [-0.1, -0.05) is 30.2 Å². The molecule has 6 heteroatoms. The van der Waals surface area contributed by atoms with Gasteiger partial charge in [-0.05, 0) is 36.4 Å². The van der Waals surface area contributed by atoms with Crippen LogP contribution in [0.1, 0.15) is 15.9 Å². The first-order valence-electron chi connectivity index (χ1n) is 8.48. The molecule has 2 N–H and O–H groups in total. The molecule has 28 heavy (non-hydrogen) atoms. The Bertz CT molecular complexity index is 1010. The van der Waals surface area contributed by atoms with E-state index < -0.39 is 5.91 Å². The summed E-state index contributed by atoms with van der Waals surface area (Å²) in [5.74, 6) is 2.74. The van der Waals surface area contributed by atoms with Crippen molar-refractivity contribution in [1.29, 1.82) is 0 Å². The third-order valence-corrected chi connectivity index (χ3v) is 3.69. The van der Waals surface area contributed by atoms with Crippen LogP contribution in [0.25, 0.3) is 0 Å². The van der Waals surface area contributed by atoms with E-state index in [1.807, 2.05) is 18.2 Å². The highest BCUT2D eigenvalue weighted by Crippen LogP contribution is 2.18. The van der Waals surface area contributed by atoms with Gasteiger partial charge in [-0.15, -0.1) is 6.42 Å². The van der Waals surface area contributed by atoms with Gasteiger partial charge in [0.1, 0.15) is 5.75 Å². The summed E-state index contributed by atoms with van der Waals surface area (Å²) in [6, 6.07) is 19.3. The first-order chi connectivity index (χ1) is 13.6. The standard InChI is InChI=1S/C22H17N3O3/c1-2-16-7-6-8-18(13-16)25-20(26)15-24-22(27)17-11-12-21(23-14-17)28-19-9-4-3-5-10-19/h1,3-14H,15H2,(H,24,27)(H,25,26). The minimum atomic E-state index is -0.411. The first-order valence-corrected chi connectivity index (χ1v) is 8.48. The van der Waals surface area contributed by atoms with Crippen LogP contribution in [0.4, 0.5) is 5.69 Å². The van der Waals surface area contributed by atoms with Crippen LogP contribution in [-0.4, -0.2) is 23.3 Å². The van der Waals surface area contributed by atoms with E-state index in [9.17, 15) is 9.59 Å². The number of pyridine rings is 1. The van der Waals surface area contributed by atoms with Gasteiger partial charge in [0.25, 0.3) is 5.91 Å². The van der Waals surface area contributed by atoms with E-state index in [-0.39, 0.29) is 12.5 Å². The summed E-state index contributed by atoms with van der Waals surface area (Å²) >= 11 is 0. The topological polar surface area (TPSA) is 80.3 Å². The normalized spacial score (nSPS) is 9.82. The Hall–Kier alpha value is -4.11. The van der Waals surface area contributed by atoms with Gasteiger partial charge in [-0.25, -0.2) is 4.98 Å². The SMILES string of the molecule is C#Cc1cccc(NC(=O)CNC(=O)c2ccc(Oc3ccccc3)nc2)c1. The van der Waals surface area contributed by atoms with Crippen molar-refractivity contribution in [3.8, 4) is 24.0 Å². The van der Waals surface area contributed by atoms with E-state index in [1.165, 1.54) is 6.20 Å². The van der Waals surface area contributed by atoms with Crippen molar-refractivity contribution in [3.05, 3.63) is 84.1 Å². The lowest BCUT2D eigenvalue weighted by molar-refractivity contribution is -0.115. The Morgan fingerprint density at radius 1 is 1.04 bits per heavy atom. The Balaban J connectivity index is 1.51. The predicted octanol–water partition coefficient (Wildman–Crippen LogP) is 3.22. The van der Waals surface area contributed by atoms with Crippen LogP contribution in [0.2, 0.25) is 0 Å².